The van der Waals surface area contributed by atoms with Crippen molar-refractivity contribution in [1.29, 1.82) is 0 Å². The molecule has 0 fully saturated rings. The summed E-state index contributed by atoms with van der Waals surface area (Å²) in [6.07, 6.45) is 11.2. The Labute approximate surface area is 290 Å². The minimum absolute atomic E-state index is 0.111. The maximum atomic E-state index is 5.93. The predicted molar refractivity (Wildman–Crippen MR) is 206 cm³/mol. The van der Waals surface area contributed by atoms with E-state index in [1.165, 1.54) is 50.2 Å². The van der Waals surface area contributed by atoms with Crippen molar-refractivity contribution in [2.75, 3.05) is 19.6 Å². The molecule has 0 aliphatic carbocycles. The highest BCUT2D eigenvalue weighted by atomic mass is 14.9. The van der Waals surface area contributed by atoms with E-state index < -0.39 is 0 Å². The Morgan fingerprint density at radius 1 is 0.708 bits per heavy atom. The fraction of sp³-hybridized carbons (Fsp3) is 0.610. The molecule has 1 aliphatic heterocycles. The molecule has 3 aromatic heterocycles. The second-order valence-electron chi connectivity index (χ2n) is 14.7. The number of hydrogen-bond acceptors (Lipinski definition) is 5. The van der Waals surface area contributed by atoms with E-state index in [1.807, 2.05) is 0 Å². The molecule has 48 heavy (non-hydrogen) atoms. The van der Waals surface area contributed by atoms with Crippen LogP contribution in [0.5, 0.6) is 0 Å². The second kappa shape index (κ2) is 17.6. The smallest absolute Gasteiger partial charge is 0.0465 e. The molecule has 7 N–H and O–H groups in total. The van der Waals surface area contributed by atoms with Crippen LogP contribution in [-0.4, -0.2) is 45.1 Å². The Morgan fingerprint density at radius 2 is 1.33 bits per heavy atom. The van der Waals surface area contributed by atoms with Crippen LogP contribution in [0.1, 0.15) is 143 Å². The summed E-state index contributed by atoms with van der Waals surface area (Å²) in [6, 6.07) is 9.23. The van der Waals surface area contributed by atoms with Crippen LogP contribution in [0.25, 0.3) is 22.1 Å². The molecule has 7 heteroatoms. The lowest BCUT2D eigenvalue weighted by Crippen LogP contribution is -2.39. The number of aromatic nitrogens is 4. The van der Waals surface area contributed by atoms with Gasteiger partial charge in [0.25, 0.3) is 0 Å². The van der Waals surface area contributed by atoms with Crippen molar-refractivity contribution >= 4 is 22.1 Å². The molecule has 3 aromatic rings. The van der Waals surface area contributed by atoms with Gasteiger partial charge in [0, 0.05) is 62.2 Å². The van der Waals surface area contributed by atoms with Crippen LogP contribution in [0, 0.1) is 13.8 Å². The number of fused-ring (bicyclic) bond motifs is 6. The number of aryl methyl sites for hydroxylation is 6. The highest BCUT2D eigenvalue weighted by molar-refractivity contribution is 5.73. The van der Waals surface area contributed by atoms with E-state index >= 15 is 0 Å². The Bertz CT molecular complexity index is 1640. The number of H-pyrrole nitrogens is 2. The van der Waals surface area contributed by atoms with Crippen molar-refractivity contribution < 1.29 is 0 Å². The number of nitrogens with zero attached hydrogens (tertiary/aromatic N) is 2. The molecule has 1 aliphatic rings. The van der Waals surface area contributed by atoms with Gasteiger partial charge in [0.1, 0.15) is 0 Å². The van der Waals surface area contributed by atoms with E-state index in [2.05, 4.69) is 94.9 Å². The van der Waals surface area contributed by atoms with Crippen molar-refractivity contribution in [1.82, 2.24) is 25.3 Å². The molecule has 4 heterocycles. The molecule has 264 valence electrons. The Balaban J connectivity index is 1.92. The predicted octanol–water partition coefficient (Wildman–Crippen LogP) is 8.75. The maximum absolute atomic E-state index is 5.93. The summed E-state index contributed by atoms with van der Waals surface area (Å²) in [4.78, 5) is 18.3. The number of nitrogens with two attached hydrogens (primary N) is 2. The quantitative estimate of drug-likeness (QED) is 0.0988. The van der Waals surface area contributed by atoms with Crippen LogP contribution in [0.3, 0.4) is 0 Å². The molecule has 7 nitrogen and oxygen atoms in total. The summed E-state index contributed by atoms with van der Waals surface area (Å²) in [5, 5.41) is 3.82. The zero-order valence-electron chi connectivity index (χ0n) is 31.4. The number of unbranched alkanes of at least 4 members (excludes halogenated alkanes) is 2. The third kappa shape index (κ3) is 9.36. The Kier molecular flexibility index (Phi) is 13.9. The first kappa shape index (κ1) is 37.8. The van der Waals surface area contributed by atoms with Gasteiger partial charge in [-0.3, -0.25) is 9.97 Å². The van der Waals surface area contributed by atoms with E-state index in [-0.39, 0.29) is 5.54 Å². The van der Waals surface area contributed by atoms with E-state index in [0.29, 0.717) is 18.4 Å². The van der Waals surface area contributed by atoms with Gasteiger partial charge in [-0.1, -0.05) is 34.1 Å². The van der Waals surface area contributed by atoms with E-state index in [0.717, 1.165) is 101 Å². The van der Waals surface area contributed by atoms with Crippen molar-refractivity contribution in [2.24, 2.45) is 11.5 Å². The van der Waals surface area contributed by atoms with Gasteiger partial charge < -0.3 is 26.8 Å². The first-order valence-electron chi connectivity index (χ1n) is 18.9. The van der Waals surface area contributed by atoms with E-state index in [4.69, 9.17) is 21.4 Å². The average molecular weight is 656 g/mol. The zero-order chi connectivity index (χ0) is 34.8. The van der Waals surface area contributed by atoms with Crippen molar-refractivity contribution in [3.05, 3.63) is 69.3 Å². The SMILES string of the molecule is CCc1cc2[nH]c(cc3nc(cc4[nH]c(cc(CCCCN)n1)c(CCCNC(C)(C)CCCCN)c4C)C(CC)C3C)c(CC)c2C. The molecule has 2 atom stereocenters. The van der Waals surface area contributed by atoms with E-state index in [1.54, 1.807) is 0 Å². The Morgan fingerprint density at radius 3 is 2.00 bits per heavy atom. The van der Waals surface area contributed by atoms with E-state index in [9.17, 15) is 0 Å². The van der Waals surface area contributed by atoms with Crippen LogP contribution in [0.15, 0.2) is 24.3 Å². The first-order chi connectivity index (χ1) is 23.0. The van der Waals surface area contributed by atoms with Gasteiger partial charge in [0.05, 0.1) is 0 Å². The molecule has 0 spiro atoms. The van der Waals surface area contributed by atoms with Crippen LogP contribution in [0.4, 0.5) is 0 Å². The summed E-state index contributed by atoms with van der Waals surface area (Å²) in [7, 11) is 0. The van der Waals surface area contributed by atoms with Gasteiger partial charge in [-0.25, -0.2) is 0 Å². The summed E-state index contributed by atoms with van der Waals surface area (Å²) in [5.74, 6) is 0.741. The van der Waals surface area contributed by atoms with Gasteiger partial charge in [0.2, 0.25) is 0 Å². The molecule has 0 saturated heterocycles. The minimum Gasteiger partial charge on any atom is -0.355 e. The van der Waals surface area contributed by atoms with Crippen LogP contribution >= 0.6 is 0 Å². The van der Waals surface area contributed by atoms with Gasteiger partial charge in [-0.15, -0.1) is 0 Å². The number of nitrogens with one attached hydrogen (secondary N) is 3. The molecule has 0 radical (unpaired) electrons. The molecule has 0 amide bonds. The summed E-state index contributed by atoms with van der Waals surface area (Å²) >= 11 is 0. The fourth-order valence-electron chi connectivity index (χ4n) is 7.46. The Hall–Kier alpha value is -3.00. The monoisotopic (exact) mass is 656 g/mol. The number of aromatic amines is 2. The number of hydrogen-bond donors (Lipinski definition) is 5. The largest absolute Gasteiger partial charge is 0.355 e. The van der Waals surface area contributed by atoms with Crippen LogP contribution in [0.2, 0.25) is 0 Å². The standard InChI is InChI=1S/C41H65N7/c1-9-30-23-35-27(4)32(10-2)39(46-35)25-36-28(5)33(11-3)40(48-36)26-37-29(6)34(18-16-22-44-41(7,8)19-13-15-21-43)38(47-37)24-31(45-30)17-12-14-20-42/h23-26,28,33,44,46-47H,9-22,42-43H2,1-8H3. The van der Waals surface area contributed by atoms with Crippen molar-refractivity contribution in [3.63, 3.8) is 0 Å². The summed E-state index contributed by atoms with van der Waals surface area (Å²) in [5.41, 5.74) is 26.4. The molecule has 0 saturated carbocycles. The summed E-state index contributed by atoms with van der Waals surface area (Å²) < 4.78 is 0. The lowest BCUT2D eigenvalue weighted by atomic mass is 9.89. The third-order valence-electron chi connectivity index (χ3n) is 10.6. The fourth-order valence-corrected chi connectivity index (χ4v) is 7.46. The second-order valence-corrected chi connectivity index (χ2v) is 14.7. The van der Waals surface area contributed by atoms with Crippen LogP contribution in [-0.2, 0) is 25.7 Å². The van der Waals surface area contributed by atoms with Crippen molar-refractivity contribution in [2.45, 2.75) is 143 Å². The highest BCUT2D eigenvalue weighted by Gasteiger charge is 2.27. The maximum Gasteiger partial charge on any atom is 0.0465 e. The lowest BCUT2D eigenvalue weighted by Gasteiger charge is -2.26. The topological polar surface area (TPSA) is 121 Å². The normalized spacial score (nSPS) is 15.7. The highest BCUT2D eigenvalue weighted by Crippen LogP contribution is 2.39. The van der Waals surface area contributed by atoms with Crippen molar-refractivity contribution in [3.8, 4) is 0 Å². The molecule has 6 bridgehead atoms. The molecule has 4 rings (SSSR count). The third-order valence-corrected chi connectivity index (χ3v) is 10.6. The molecule has 2 unspecified atom stereocenters. The first-order valence-corrected chi connectivity index (χ1v) is 18.9. The summed E-state index contributed by atoms with van der Waals surface area (Å²) in [6.45, 7) is 20.7. The average Bonchev–Trinajstić information content (AvgIpc) is 3.63. The molecular weight excluding hydrogens is 591 g/mol. The van der Waals surface area contributed by atoms with Gasteiger partial charge in [-0.05, 0) is 158 Å². The van der Waals surface area contributed by atoms with Gasteiger partial charge >= 0.3 is 0 Å². The van der Waals surface area contributed by atoms with Crippen LogP contribution < -0.4 is 16.8 Å². The molecular formula is C41H65N7. The molecule has 0 aromatic carbocycles. The number of rotatable bonds is 16. The lowest BCUT2D eigenvalue weighted by molar-refractivity contribution is 0.349. The van der Waals surface area contributed by atoms with Gasteiger partial charge in [-0.2, -0.15) is 0 Å². The zero-order valence-corrected chi connectivity index (χ0v) is 31.4. The minimum atomic E-state index is 0.111. The van der Waals surface area contributed by atoms with Gasteiger partial charge in [0.15, 0.2) is 0 Å².